The van der Waals surface area contributed by atoms with Crippen LogP contribution < -0.4 is 10.6 Å². The van der Waals surface area contributed by atoms with Crippen molar-refractivity contribution in [1.82, 2.24) is 20.2 Å². The van der Waals surface area contributed by atoms with Crippen molar-refractivity contribution in [2.45, 2.75) is 27.2 Å². The van der Waals surface area contributed by atoms with E-state index in [1.165, 1.54) is 16.2 Å². The fourth-order valence-electron chi connectivity index (χ4n) is 2.33. The van der Waals surface area contributed by atoms with Crippen molar-refractivity contribution in [2.75, 3.05) is 26.0 Å². The van der Waals surface area contributed by atoms with Crippen LogP contribution >= 0.6 is 11.3 Å². The predicted octanol–water partition coefficient (Wildman–Crippen LogP) is 2.73. The fourth-order valence-corrected chi connectivity index (χ4v) is 3.28. The summed E-state index contributed by atoms with van der Waals surface area (Å²) in [7, 11) is 3.37. The number of nitrogens with one attached hydrogen (secondary N) is 2. The van der Waals surface area contributed by atoms with E-state index in [0.717, 1.165) is 27.5 Å². The highest BCUT2D eigenvalue weighted by molar-refractivity contribution is 7.19. The van der Waals surface area contributed by atoms with Gasteiger partial charge in [-0.25, -0.2) is 9.78 Å². The van der Waals surface area contributed by atoms with Gasteiger partial charge in [-0.3, -0.25) is 15.1 Å². The first-order chi connectivity index (χ1) is 11.8. The normalized spacial score (nSPS) is 10.4. The maximum atomic E-state index is 11.9. The van der Waals surface area contributed by atoms with Crippen LogP contribution in [0.3, 0.4) is 0 Å². The molecule has 25 heavy (non-hydrogen) atoms. The molecule has 7 nitrogen and oxygen atoms in total. The summed E-state index contributed by atoms with van der Waals surface area (Å²) >= 11 is 1.42. The minimum atomic E-state index is -0.367. The van der Waals surface area contributed by atoms with Crippen LogP contribution in [-0.2, 0) is 4.79 Å². The molecule has 0 aliphatic carbocycles. The quantitative estimate of drug-likeness (QED) is 0.857. The minimum Gasteiger partial charge on any atom is -0.349 e. The summed E-state index contributed by atoms with van der Waals surface area (Å²) in [6, 6.07) is 3.64. The topological polar surface area (TPSA) is 87.2 Å². The van der Waals surface area contributed by atoms with Gasteiger partial charge in [0, 0.05) is 38.4 Å². The molecule has 8 heteroatoms. The summed E-state index contributed by atoms with van der Waals surface area (Å²) in [5.41, 5.74) is 3.79. The third-order valence-electron chi connectivity index (χ3n) is 3.48. The Balaban J connectivity index is 2.00. The van der Waals surface area contributed by atoms with Gasteiger partial charge < -0.3 is 10.2 Å². The first-order valence-corrected chi connectivity index (χ1v) is 8.76. The van der Waals surface area contributed by atoms with Gasteiger partial charge in [0.15, 0.2) is 5.13 Å². The Kier molecular flexibility index (Phi) is 6.08. The van der Waals surface area contributed by atoms with Crippen molar-refractivity contribution in [3.8, 4) is 10.4 Å². The first-order valence-electron chi connectivity index (χ1n) is 7.94. The van der Waals surface area contributed by atoms with E-state index in [1.54, 1.807) is 14.1 Å². The number of carbonyl (C=O) groups is 2. The largest absolute Gasteiger partial charge is 0.349 e. The van der Waals surface area contributed by atoms with Crippen molar-refractivity contribution in [3.05, 3.63) is 29.2 Å². The SMILES string of the molecule is Cc1cc(-c2sc(NC(=O)NCCC(=O)N(C)C)nc2C)cc(C)n1. The molecule has 0 aliphatic rings. The third kappa shape index (κ3) is 5.25. The molecule has 2 aromatic heterocycles. The lowest BCUT2D eigenvalue weighted by Crippen LogP contribution is -2.33. The Morgan fingerprint density at radius 3 is 2.36 bits per heavy atom. The number of hydrogen-bond donors (Lipinski definition) is 2. The Bertz CT molecular complexity index is 765. The highest BCUT2D eigenvalue weighted by Crippen LogP contribution is 2.33. The van der Waals surface area contributed by atoms with Crippen LogP contribution in [0.1, 0.15) is 23.5 Å². The Morgan fingerprint density at radius 2 is 1.76 bits per heavy atom. The number of urea groups is 1. The number of aryl methyl sites for hydroxylation is 3. The molecule has 0 fully saturated rings. The molecular formula is C17H23N5O2S. The smallest absolute Gasteiger partial charge is 0.321 e. The van der Waals surface area contributed by atoms with Crippen LogP contribution in [-0.4, -0.2) is 47.4 Å². The van der Waals surface area contributed by atoms with Crippen molar-refractivity contribution < 1.29 is 9.59 Å². The maximum Gasteiger partial charge on any atom is 0.321 e. The summed E-state index contributed by atoms with van der Waals surface area (Å²) in [5, 5.41) is 5.91. The number of rotatable bonds is 5. The molecule has 3 amide bonds. The van der Waals surface area contributed by atoms with E-state index in [2.05, 4.69) is 20.6 Å². The van der Waals surface area contributed by atoms with Gasteiger partial charge in [0.1, 0.15) is 0 Å². The molecule has 134 valence electrons. The lowest BCUT2D eigenvalue weighted by Gasteiger charge is -2.10. The van der Waals surface area contributed by atoms with E-state index >= 15 is 0 Å². The second kappa shape index (κ2) is 8.06. The zero-order chi connectivity index (χ0) is 18.6. The van der Waals surface area contributed by atoms with Crippen molar-refractivity contribution in [2.24, 2.45) is 0 Å². The standard InChI is InChI=1S/C17H23N5O2S/c1-10-8-13(9-11(2)19-10)15-12(3)20-17(25-15)21-16(24)18-7-6-14(23)22(4)5/h8-9H,6-7H2,1-5H3,(H2,18,20,21,24). The zero-order valence-electron chi connectivity index (χ0n) is 15.1. The van der Waals surface area contributed by atoms with E-state index in [1.807, 2.05) is 32.9 Å². The van der Waals surface area contributed by atoms with Gasteiger partial charge in [0.2, 0.25) is 5.91 Å². The molecule has 2 rings (SSSR count). The average Bonchev–Trinajstić information content (AvgIpc) is 2.86. The fraction of sp³-hybridized carbons (Fsp3) is 0.412. The highest BCUT2D eigenvalue weighted by Gasteiger charge is 2.13. The first kappa shape index (κ1) is 18.9. The van der Waals surface area contributed by atoms with Gasteiger partial charge in [0.05, 0.1) is 10.6 Å². The molecule has 2 heterocycles. The molecule has 0 saturated heterocycles. The van der Waals surface area contributed by atoms with Crippen LogP contribution in [0.5, 0.6) is 0 Å². The number of carbonyl (C=O) groups excluding carboxylic acids is 2. The van der Waals surface area contributed by atoms with Crippen molar-refractivity contribution in [1.29, 1.82) is 0 Å². The monoisotopic (exact) mass is 361 g/mol. The Hall–Kier alpha value is -2.48. The van der Waals surface area contributed by atoms with E-state index in [4.69, 9.17) is 0 Å². The molecule has 0 saturated carbocycles. The van der Waals surface area contributed by atoms with Gasteiger partial charge in [-0.2, -0.15) is 0 Å². The number of pyridine rings is 1. The lowest BCUT2D eigenvalue weighted by atomic mass is 10.1. The minimum absolute atomic E-state index is 0.0314. The van der Waals surface area contributed by atoms with Gasteiger partial charge in [0.25, 0.3) is 0 Å². The second-order valence-electron chi connectivity index (χ2n) is 5.99. The highest BCUT2D eigenvalue weighted by atomic mass is 32.1. The zero-order valence-corrected chi connectivity index (χ0v) is 16.0. The summed E-state index contributed by atoms with van der Waals surface area (Å²) < 4.78 is 0. The van der Waals surface area contributed by atoms with Gasteiger partial charge in [-0.1, -0.05) is 11.3 Å². The van der Waals surface area contributed by atoms with E-state index < -0.39 is 0 Å². The van der Waals surface area contributed by atoms with Gasteiger partial charge >= 0.3 is 6.03 Å². The number of hydrogen-bond acceptors (Lipinski definition) is 5. The lowest BCUT2D eigenvalue weighted by molar-refractivity contribution is -0.128. The summed E-state index contributed by atoms with van der Waals surface area (Å²) in [6.45, 7) is 6.10. The summed E-state index contributed by atoms with van der Waals surface area (Å²) in [4.78, 5) is 34.7. The van der Waals surface area contributed by atoms with Crippen LogP contribution in [0.15, 0.2) is 12.1 Å². The second-order valence-corrected chi connectivity index (χ2v) is 6.99. The Morgan fingerprint density at radius 1 is 1.12 bits per heavy atom. The number of nitrogens with zero attached hydrogens (tertiary/aromatic N) is 3. The number of amides is 3. The molecular weight excluding hydrogens is 338 g/mol. The molecule has 0 bridgehead atoms. The molecule has 2 aromatic rings. The molecule has 0 spiro atoms. The van der Waals surface area contributed by atoms with Crippen LogP contribution in [0, 0.1) is 20.8 Å². The van der Waals surface area contributed by atoms with E-state index in [0.29, 0.717) is 5.13 Å². The number of anilines is 1. The Labute approximate surface area is 151 Å². The van der Waals surface area contributed by atoms with Crippen LogP contribution in [0.25, 0.3) is 10.4 Å². The summed E-state index contributed by atoms with van der Waals surface area (Å²) in [5.74, 6) is -0.0314. The maximum absolute atomic E-state index is 11.9. The molecule has 0 aromatic carbocycles. The number of thiazole rings is 1. The average molecular weight is 361 g/mol. The molecule has 0 atom stereocenters. The van der Waals surface area contributed by atoms with E-state index in [-0.39, 0.29) is 24.9 Å². The molecule has 0 aliphatic heterocycles. The molecule has 2 N–H and O–H groups in total. The van der Waals surface area contributed by atoms with Crippen LogP contribution in [0.4, 0.5) is 9.93 Å². The third-order valence-corrected chi connectivity index (χ3v) is 4.61. The van der Waals surface area contributed by atoms with Gasteiger partial charge in [-0.15, -0.1) is 0 Å². The van der Waals surface area contributed by atoms with Crippen molar-refractivity contribution >= 4 is 28.4 Å². The van der Waals surface area contributed by atoms with Gasteiger partial charge in [-0.05, 0) is 38.5 Å². The summed E-state index contributed by atoms with van der Waals surface area (Å²) in [6.07, 6.45) is 0.262. The number of aromatic nitrogens is 2. The predicted molar refractivity (Wildman–Crippen MR) is 99.9 cm³/mol. The van der Waals surface area contributed by atoms with Crippen LogP contribution in [0.2, 0.25) is 0 Å². The molecule has 0 unspecified atom stereocenters. The molecule has 0 radical (unpaired) electrons. The van der Waals surface area contributed by atoms with Crippen molar-refractivity contribution in [3.63, 3.8) is 0 Å². The van der Waals surface area contributed by atoms with E-state index in [9.17, 15) is 9.59 Å².